The number of nitrogens with zero attached hydrogens (tertiary/aromatic N) is 4. The highest BCUT2D eigenvalue weighted by atomic mass is 32.1. The molecule has 0 aliphatic heterocycles. The maximum absolute atomic E-state index is 4.74. The van der Waals surface area contributed by atoms with E-state index >= 15 is 0 Å². The number of rotatable bonds is 4. The highest BCUT2D eigenvalue weighted by Crippen LogP contribution is 2.25. The van der Waals surface area contributed by atoms with Gasteiger partial charge in [0.05, 0.1) is 17.8 Å². The average Bonchev–Trinajstić information content (AvgIpc) is 2.98. The van der Waals surface area contributed by atoms with Gasteiger partial charge in [0.2, 0.25) is 0 Å². The van der Waals surface area contributed by atoms with Gasteiger partial charge in [-0.15, -0.1) is 11.3 Å². The van der Waals surface area contributed by atoms with Gasteiger partial charge < -0.3 is 5.32 Å². The van der Waals surface area contributed by atoms with Crippen LogP contribution in [0.15, 0.2) is 48.8 Å². The van der Waals surface area contributed by atoms with E-state index in [0.29, 0.717) is 12.4 Å². The van der Waals surface area contributed by atoms with Crippen molar-refractivity contribution in [3.05, 3.63) is 64.4 Å². The Hall–Kier alpha value is -2.86. The minimum atomic E-state index is 0.649. The smallest absolute Gasteiger partial charge is 0.162 e. The molecule has 5 nitrogen and oxygen atoms in total. The van der Waals surface area contributed by atoms with Gasteiger partial charge in [-0.2, -0.15) is 0 Å². The van der Waals surface area contributed by atoms with Crippen molar-refractivity contribution in [2.45, 2.75) is 20.4 Å². The van der Waals surface area contributed by atoms with Crippen molar-refractivity contribution in [2.75, 3.05) is 5.32 Å². The van der Waals surface area contributed by atoms with Crippen LogP contribution in [0.4, 0.5) is 5.82 Å². The third-order valence-electron chi connectivity index (χ3n) is 4.02. The molecule has 4 rings (SSSR count). The molecule has 4 aromatic rings. The number of nitrogens with one attached hydrogen (secondary N) is 1. The minimum Gasteiger partial charge on any atom is -0.363 e. The first kappa shape index (κ1) is 15.7. The Morgan fingerprint density at radius 3 is 2.52 bits per heavy atom. The number of hydrogen-bond acceptors (Lipinski definition) is 6. The number of thiazole rings is 1. The van der Waals surface area contributed by atoms with Gasteiger partial charge >= 0.3 is 0 Å². The van der Waals surface area contributed by atoms with Crippen LogP contribution in [-0.2, 0) is 6.54 Å². The first-order valence-electron chi connectivity index (χ1n) is 8.04. The molecule has 6 heteroatoms. The molecule has 3 heterocycles. The Morgan fingerprint density at radius 2 is 1.76 bits per heavy atom. The second-order valence-corrected chi connectivity index (χ2v) is 7.04. The first-order valence-corrected chi connectivity index (χ1v) is 8.86. The number of aromatic nitrogens is 4. The topological polar surface area (TPSA) is 63.6 Å². The SMILES string of the molecule is Cc1nc(CNc2nc(-c3ccncc3)nc3ccccc23)sc1C. The maximum atomic E-state index is 4.74. The lowest BCUT2D eigenvalue weighted by Gasteiger charge is -2.10. The molecule has 1 aromatic carbocycles. The van der Waals surface area contributed by atoms with Crippen LogP contribution in [0.25, 0.3) is 22.3 Å². The average molecular weight is 347 g/mol. The highest BCUT2D eigenvalue weighted by molar-refractivity contribution is 7.11. The van der Waals surface area contributed by atoms with E-state index in [1.165, 1.54) is 4.88 Å². The van der Waals surface area contributed by atoms with Crippen LogP contribution < -0.4 is 5.32 Å². The molecule has 0 amide bonds. The van der Waals surface area contributed by atoms with Crippen LogP contribution >= 0.6 is 11.3 Å². The fourth-order valence-electron chi connectivity index (χ4n) is 2.62. The van der Waals surface area contributed by atoms with Gasteiger partial charge in [0.15, 0.2) is 5.82 Å². The molecular formula is C19H17N5S. The molecule has 0 atom stereocenters. The normalized spacial score (nSPS) is 11.0. The quantitative estimate of drug-likeness (QED) is 0.593. The predicted octanol–water partition coefficient (Wildman–Crippen LogP) is 4.38. The number of para-hydroxylation sites is 1. The third-order valence-corrected chi connectivity index (χ3v) is 5.09. The lowest BCUT2D eigenvalue weighted by Crippen LogP contribution is -2.04. The lowest BCUT2D eigenvalue weighted by molar-refractivity contribution is 1.05. The van der Waals surface area contributed by atoms with Gasteiger partial charge in [-0.05, 0) is 38.1 Å². The number of anilines is 1. The second kappa shape index (κ2) is 6.57. The Morgan fingerprint density at radius 1 is 0.960 bits per heavy atom. The summed E-state index contributed by atoms with van der Waals surface area (Å²) in [7, 11) is 0. The summed E-state index contributed by atoms with van der Waals surface area (Å²) in [5, 5.41) is 5.50. The Kier molecular flexibility index (Phi) is 4.11. The predicted molar refractivity (Wildman–Crippen MR) is 102 cm³/mol. The molecule has 0 saturated heterocycles. The summed E-state index contributed by atoms with van der Waals surface area (Å²) in [6.07, 6.45) is 3.50. The van der Waals surface area contributed by atoms with E-state index in [9.17, 15) is 0 Å². The largest absolute Gasteiger partial charge is 0.363 e. The van der Waals surface area contributed by atoms with Gasteiger partial charge in [-0.1, -0.05) is 12.1 Å². The monoisotopic (exact) mass is 347 g/mol. The van der Waals surface area contributed by atoms with Gasteiger partial charge in [0, 0.05) is 28.2 Å². The van der Waals surface area contributed by atoms with Crippen molar-refractivity contribution >= 4 is 28.1 Å². The van der Waals surface area contributed by atoms with Crippen molar-refractivity contribution in [1.82, 2.24) is 19.9 Å². The molecule has 0 aliphatic rings. The molecule has 0 aliphatic carbocycles. The zero-order valence-electron chi connectivity index (χ0n) is 14.0. The van der Waals surface area contributed by atoms with E-state index in [1.54, 1.807) is 23.7 Å². The van der Waals surface area contributed by atoms with Crippen molar-refractivity contribution < 1.29 is 0 Å². The highest BCUT2D eigenvalue weighted by Gasteiger charge is 2.10. The van der Waals surface area contributed by atoms with Crippen LogP contribution in [0.1, 0.15) is 15.6 Å². The maximum Gasteiger partial charge on any atom is 0.162 e. The van der Waals surface area contributed by atoms with Crippen molar-refractivity contribution in [1.29, 1.82) is 0 Å². The molecule has 124 valence electrons. The number of hydrogen-bond donors (Lipinski definition) is 1. The van der Waals surface area contributed by atoms with Gasteiger partial charge in [0.25, 0.3) is 0 Å². The number of benzene rings is 1. The van der Waals surface area contributed by atoms with Crippen LogP contribution in [0, 0.1) is 13.8 Å². The first-order chi connectivity index (χ1) is 12.2. The molecule has 0 fully saturated rings. The van der Waals surface area contributed by atoms with Gasteiger partial charge in [0.1, 0.15) is 10.8 Å². The van der Waals surface area contributed by atoms with Crippen molar-refractivity contribution in [3.63, 3.8) is 0 Å². The summed E-state index contributed by atoms with van der Waals surface area (Å²) in [6.45, 7) is 4.78. The fourth-order valence-corrected chi connectivity index (χ4v) is 3.49. The summed E-state index contributed by atoms with van der Waals surface area (Å²) in [5.74, 6) is 1.51. The fraction of sp³-hybridized carbons (Fsp3) is 0.158. The molecule has 0 radical (unpaired) electrons. The zero-order chi connectivity index (χ0) is 17.2. The van der Waals surface area contributed by atoms with E-state index in [2.05, 4.69) is 27.2 Å². The van der Waals surface area contributed by atoms with Crippen LogP contribution in [0.5, 0.6) is 0 Å². The summed E-state index contributed by atoms with van der Waals surface area (Å²) in [4.78, 5) is 19.3. The summed E-state index contributed by atoms with van der Waals surface area (Å²) in [5.41, 5.74) is 2.95. The van der Waals surface area contributed by atoms with Crippen LogP contribution in [0.3, 0.4) is 0 Å². The lowest BCUT2D eigenvalue weighted by atomic mass is 10.2. The van der Waals surface area contributed by atoms with E-state index in [-0.39, 0.29) is 0 Å². The van der Waals surface area contributed by atoms with Crippen molar-refractivity contribution in [2.24, 2.45) is 0 Å². The molecular weight excluding hydrogens is 330 g/mol. The number of fused-ring (bicyclic) bond motifs is 1. The molecule has 3 aromatic heterocycles. The van der Waals surface area contributed by atoms with Crippen LogP contribution in [0.2, 0.25) is 0 Å². The Balaban J connectivity index is 1.73. The van der Waals surface area contributed by atoms with Gasteiger partial charge in [-0.3, -0.25) is 4.98 Å². The molecule has 0 unspecified atom stereocenters. The number of pyridine rings is 1. The molecule has 1 N–H and O–H groups in total. The molecule has 25 heavy (non-hydrogen) atoms. The molecule has 0 bridgehead atoms. The van der Waals surface area contributed by atoms with E-state index in [0.717, 1.165) is 33.0 Å². The summed E-state index contributed by atoms with van der Waals surface area (Å²) < 4.78 is 0. The third kappa shape index (κ3) is 3.21. The van der Waals surface area contributed by atoms with Crippen LogP contribution in [-0.4, -0.2) is 19.9 Å². The Bertz CT molecular complexity index is 1010. The van der Waals surface area contributed by atoms with Gasteiger partial charge in [-0.25, -0.2) is 15.0 Å². The minimum absolute atomic E-state index is 0.649. The zero-order valence-corrected chi connectivity index (χ0v) is 14.8. The molecule has 0 saturated carbocycles. The second-order valence-electron chi connectivity index (χ2n) is 5.75. The van der Waals surface area contributed by atoms with E-state index in [4.69, 9.17) is 4.98 Å². The molecule has 0 spiro atoms. The van der Waals surface area contributed by atoms with E-state index < -0.39 is 0 Å². The standard InChI is InChI=1S/C19H17N5S/c1-12-13(2)25-17(22-12)11-21-19-15-5-3-4-6-16(15)23-18(24-19)14-7-9-20-10-8-14/h3-10H,11H2,1-2H3,(H,21,23,24). The Labute approximate surface area is 149 Å². The summed E-state index contributed by atoms with van der Waals surface area (Å²) >= 11 is 1.71. The van der Waals surface area contributed by atoms with Crippen molar-refractivity contribution in [3.8, 4) is 11.4 Å². The van der Waals surface area contributed by atoms with E-state index in [1.807, 2.05) is 43.3 Å². The number of aryl methyl sites for hydroxylation is 2. The summed E-state index contributed by atoms with van der Waals surface area (Å²) in [6, 6.07) is 11.9.